The molecule has 126 valence electrons. The molecule has 0 amide bonds. The number of halogens is 1. The van der Waals surface area contributed by atoms with Gasteiger partial charge in [0.25, 0.3) is 0 Å². The Balaban J connectivity index is 1.81. The molecule has 5 heteroatoms. The first-order valence-corrected chi connectivity index (χ1v) is 8.11. The second kappa shape index (κ2) is 5.98. The normalized spacial score (nSPS) is 24.7. The molecule has 2 heterocycles. The van der Waals surface area contributed by atoms with Gasteiger partial charge in [0, 0.05) is 29.3 Å². The predicted octanol–water partition coefficient (Wildman–Crippen LogP) is 4.09. The molecular weight excluding hydrogens is 309 g/mol. The lowest BCUT2D eigenvalue weighted by atomic mass is 9.80. The minimum absolute atomic E-state index is 0.0283. The summed E-state index contributed by atoms with van der Waals surface area (Å²) in [5.74, 6) is 1.42. The molecule has 1 N–H and O–H groups in total. The van der Waals surface area contributed by atoms with E-state index in [1.54, 1.807) is 26.4 Å². The second-order valence-electron chi connectivity index (χ2n) is 6.18. The van der Waals surface area contributed by atoms with Gasteiger partial charge in [-0.15, -0.1) is 0 Å². The molecule has 3 atom stereocenters. The number of fused-ring (bicyclic) bond motifs is 3. The Kier molecular flexibility index (Phi) is 3.81. The van der Waals surface area contributed by atoms with E-state index in [4.69, 9.17) is 14.2 Å². The van der Waals surface area contributed by atoms with E-state index in [1.807, 2.05) is 18.2 Å². The molecule has 0 bridgehead atoms. The van der Waals surface area contributed by atoms with Crippen LogP contribution >= 0.6 is 0 Å². The zero-order valence-electron chi connectivity index (χ0n) is 13.7. The lowest BCUT2D eigenvalue weighted by Crippen LogP contribution is -2.29. The Labute approximate surface area is 140 Å². The molecule has 0 unspecified atom stereocenters. The van der Waals surface area contributed by atoms with Crippen molar-refractivity contribution >= 4 is 5.69 Å². The number of para-hydroxylation sites is 1. The van der Waals surface area contributed by atoms with Crippen LogP contribution in [0.2, 0.25) is 0 Å². The molecule has 1 fully saturated rings. The first-order chi connectivity index (χ1) is 11.7. The molecule has 2 aromatic rings. The van der Waals surface area contributed by atoms with Crippen molar-refractivity contribution in [1.29, 1.82) is 0 Å². The van der Waals surface area contributed by atoms with Gasteiger partial charge in [-0.1, -0.05) is 12.1 Å². The topological polar surface area (TPSA) is 39.7 Å². The van der Waals surface area contributed by atoms with Gasteiger partial charge in [-0.3, -0.25) is 0 Å². The third-order valence-electron chi connectivity index (χ3n) is 4.97. The zero-order chi connectivity index (χ0) is 16.7. The first-order valence-electron chi connectivity index (χ1n) is 8.11. The Morgan fingerprint density at radius 1 is 1.12 bits per heavy atom. The smallest absolute Gasteiger partial charge is 0.165 e. The van der Waals surface area contributed by atoms with Gasteiger partial charge >= 0.3 is 0 Å². The average Bonchev–Trinajstić information content (AvgIpc) is 3.10. The quantitative estimate of drug-likeness (QED) is 0.921. The molecule has 4 nitrogen and oxygen atoms in total. The van der Waals surface area contributed by atoms with Gasteiger partial charge in [0.15, 0.2) is 11.5 Å². The van der Waals surface area contributed by atoms with Crippen molar-refractivity contribution in [2.24, 2.45) is 5.92 Å². The number of ether oxygens (including phenoxy) is 3. The summed E-state index contributed by atoms with van der Waals surface area (Å²) in [6.45, 7) is 0.676. The lowest BCUT2D eigenvalue weighted by molar-refractivity contribution is 0.0824. The van der Waals surface area contributed by atoms with Crippen molar-refractivity contribution in [3.63, 3.8) is 0 Å². The molecule has 2 aromatic carbocycles. The molecule has 0 aromatic heterocycles. The average molecular weight is 329 g/mol. The molecule has 0 spiro atoms. The van der Waals surface area contributed by atoms with E-state index < -0.39 is 0 Å². The Morgan fingerprint density at radius 2 is 2.00 bits per heavy atom. The fourth-order valence-electron chi connectivity index (χ4n) is 3.91. The van der Waals surface area contributed by atoms with Crippen molar-refractivity contribution in [3.8, 4) is 11.5 Å². The lowest BCUT2D eigenvalue weighted by Gasteiger charge is -2.37. The molecule has 24 heavy (non-hydrogen) atoms. The van der Waals surface area contributed by atoms with E-state index in [9.17, 15) is 4.39 Å². The maximum absolute atomic E-state index is 13.7. The van der Waals surface area contributed by atoms with Crippen LogP contribution in [0.15, 0.2) is 36.4 Å². The first kappa shape index (κ1) is 15.3. The summed E-state index contributed by atoms with van der Waals surface area (Å²) in [5, 5.41) is 3.56. The predicted molar refractivity (Wildman–Crippen MR) is 89.1 cm³/mol. The highest BCUT2D eigenvalue weighted by atomic mass is 19.1. The van der Waals surface area contributed by atoms with Gasteiger partial charge in [0.2, 0.25) is 0 Å². The highest BCUT2D eigenvalue weighted by Crippen LogP contribution is 2.52. The molecule has 0 radical (unpaired) electrons. The van der Waals surface area contributed by atoms with Crippen LogP contribution in [-0.2, 0) is 4.74 Å². The van der Waals surface area contributed by atoms with Gasteiger partial charge in [0.1, 0.15) is 5.82 Å². The number of rotatable bonds is 3. The monoisotopic (exact) mass is 329 g/mol. The summed E-state index contributed by atoms with van der Waals surface area (Å²) in [7, 11) is 3.28. The molecule has 0 saturated carbocycles. The summed E-state index contributed by atoms with van der Waals surface area (Å²) < 4.78 is 30.7. The van der Waals surface area contributed by atoms with E-state index >= 15 is 0 Å². The summed E-state index contributed by atoms with van der Waals surface area (Å²) in [5.41, 5.74) is 2.84. The molecule has 2 aliphatic heterocycles. The molecule has 2 aliphatic rings. The number of hydrogen-bond acceptors (Lipinski definition) is 4. The highest BCUT2D eigenvalue weighted by Gasteiger charge is 2.42. The Morgan fingerprint density at radius 3 is 2.79 bits per heavy atom. The maximum atomic E-state index is 13.7. The van der Waals surface area contributed by atoms with Gasteiger partial charge in [-0.05, 0) is 30.7 Å². The van der Waals surface area contributed by atoms with Crippen molar-refractivity contribution in [1.82, 2.24) is 0 Å². The van der Waals surface area contributed by atoms with Crippen LogP contribution in [0.4, 0.5) is 10.1 Å². The van der Waals surface area contributed by atoms with Crippen molar-refractivity contribution < 1.29 is 18.6 Å². The third-order valence-corrected chi connectivity index (χ3v) is 4.97. The zero-order valence-corrected chi connectivity index (χ0v) is 13.7. The van der Waals surface area contributed by atoms with Gasteiger partial charge in [-0.2, -0.15) is 0 Å². The number of hydrogen-bond donors (Lipinski definition) is 1. The number of nitrogens with one attached hydrogen (secondary N) is 1. The van der Waals surface area contributed by atoms with E-state index in [2.05, 4.69) is 5.32 Å². The maximum Gasteiger partial charge on any atom is 0.165 e. The van der Waals surface area contributed by atoms with Crippen LogP contribution in [0.3, 0.4) is 0 Å². The molecule has 0 aliphatic carbocycles. The van der Waals surface area contributed by atoms with Crippen molar-refractivity contribution in [2.75, 3.05) is 26.1 Å². The van der Waals surface area contributed by atoms with Crippen LogP contribution < -0.4 is 14.8 Å². The van der Waals surface area contributed by atoms with Gasteiger partial charge in [-0.25, -0.2) is 4.39 Å². The molecule has 1 saturated heterocycles. The SMILES string of the molecule is COc1cccc([C@@H]2Nc3ccc(F)cc3[C@@H]3OCC[C@H]23)c1OC. The van der Waals surface area contributed by atoms with Crippen molar-refractivity contribution in [3.05, 3.63) is 53.3 Å². The highest BCUT2D eigenvalue weighted by molar-refractivity contribution is 5.59. The second-order valence-corrected chi connectivity index (χ2v) is 6.18. The summed E-state index contributed by atoms with van der Waals surface area (Å²) in [4.78, 5) is 0. The van der Waals surface area contributed by atoms with E-state index in [0.717, 1.165) is 29.0 Å². The summed E-state index contributed by atoms with van der Waals surface area (Å²) >= 11 is 0. The van der Waals surface area contributed by atoms with Gasteiger partial charge < -0.3 is 19.5 Å². The van der Waals surface area contributed by atoms with Crippen LogP contribution in [0.5, 0.6) is 11.5 Å². The Hall–Kier alpha value is -2.27. The molecule has 4 rings (SSSR count). The number of methoxy groups -OCH3 is 2. The largest absolute Gasteiger partial charge is 0.493 e. The van der Waals surface area contributed by atoms with E-state index in [1.165, 1.54) is 6.07 Å². The Bertz CT molecular complexity index is 764. The molecular formula is C19H20FNO3. The van der Waals surface area contributed by atoms with Gasteiger partial charge in [0.05, 0.1) is 26.4 Å². The standard InChI is InChI=1S/C19H20FNO3/c1-22-16-5-3-4-12(19(16)23-2)17-13-8-9-24-18(13)14-10-11(20)6-7-15(14)21-17/h3-7,10,13,17-18,21H,8-9H2,1-2H3/t13-,17+,18-/m1/s1. The van der Waals surface area contributed by atoms with Crippen LogP contribution in [0.25, 0.3) is 0 Å². The third kappa shape index (κ3) is 2.31. The van der Waals surface area contributed by atoms with E-state index in [-0.39, 0.29) is 23.9 Å². The minimum Gasteiger partial charge on any atom is -0.493 e. The number of anilines is 1. The minimum atomic E-state index is -0.234. The summed E-state index contributed by atoms with van der Waals surface area (Å²) in [6.07, 6.45) is 0.816. The summed E-state index contributed by atoms with van der Waals surface area (Å²) in [6, 6.07) is 10.7. The fourth-order valence-corrected chi connectivity index (χ4v) is 3.91. The van der Waals surface area contributed by atoms with Crippen LogP contribution in [-0.4, -0.2) is 20.8 Å². The van der Waals surface area contributed by atoms with Crippen molar-refractivity contribution in [2.45, 2.75) is 18.6 Å². The number of benzene rings is 2. The van der Waals surface area contributed by atoms with Crippen LogP contribution in [0, 0.1) is 11.7 Å². The van der Waals surface area contributed by atoms with E-state index in [0.29, 0.717) is 12.4 Å². The fraction of sp³-hybridized carbons (Fsp3) is 0.368. The van der Waals surface area contributed by atoms with Crippen LogP contribution in [0.1, 0.15) is 29.7 Å².